The van der Waals surface area contributed by atoms with Crippen LogP contribution in [0.2, 0.25) is 0 Å². The standard InChI is InChI=1S/C21H21N3O6S2/c1-29-17-10-7-15(13-18(17)30-2)21(26)23-22-19(25)12-14-5-8-16(9-6-14)24-32(27,28)20-4-3-11-31-20/h3-11,13,24H,12H2,1-2H3,(H,22,25)(H,23,26). The summed E-state index contributed by atoms with van der Waals surface area (Å²) in [6.07, 6.45) is -0.00975. The van der Waals surface area contributed by atoms with Crippen LogP contribution in [0, 0.1) is 0 Å². The molecular weight excluding hydrogens is 454 g/mol. The first-order valence-electron chi connectivity index (χ1n) is 9.29. The number of ether oxygens (including phenoxy) is 2. The molecule has 32 heavy (non-hydrogen) atoms. The monoisotopic (exact) mass is 475 g/mol. The zero-order chi connectivity index (χ0) is 23.1. The molecular formula is C21H21N3O6S2. The summed E-state index contributed by atoms with van der Waals surface area (Å²) in [7, 11) is -0.688. The van der Waals surface area contributed by atoms with E-state index in [9.17, 15) is 18.0 Å². The lowest BCUT2D eigenvalue weighted by Gasteiger charge is -2.11. The molecule has 168 valence electrons. The highest BCUT2D eigenvalue weighted by Gasteiger charge is 2.15. The van der Waals surface area contributed by atoms with Crippen LogP contribution in [0.5, 0.6) is 11.5 Å². The molecule has 0 unspecified atom stereocenters. The van der Waals surface area contributed by atoms with Crippen LogP contribution in [-0.2, 0) is 21.2 Å². The van der Waals surface area contributed by atoms with E-state index < -0.39 is 21.8 Å². The van der Waals surface area contributed by atoms with E-state index in [4.69, 9.17) is 9.47 Å². The van der Waals surface area contributed by atoms with Crippen molar-refractivity contribution in [1.82, 2.24) is 10.9 Å². The smallest absolute Gasteiger partial charge is 0.271 e. The first kappa shape index (κ1) is 23.1. The minimum atomic E-state index is -3.64. The lowest BCUT2D eigenvalue weighted by atomic mass is 10.1. The number of rotatable bonds is 8. The SMILES string of the molecule is COc1ccc(C(=O)NNC(=O)Cc2ccc(NS(=O)(=O)c3cccs3)cc2)cc1OC. The Balaban J connectivity index is 1.53. The molecule has 0 radical (unpaired) electrons. The number of hydrogen-bond acceptors (Lipinski definition) is 7. The summed E-state index contributed by atoms with van der Waals surface area (Å²) in [6, 6.07) is 14.2. The number of benzene rings is 2. The van der Waals surface area contributed by atoms with Gasteiger partial charge in [0.05, 0.1) is 20.6 Å². The fourth-order valence-corrected chi connectivity index (χ4v) is 4.77. The molecule has 2 aromatic carbocycles. The summed E-state index contributed by atoms with van der Waals surface area (Å²) >= 11 is 1.12. The normalized spacial score (nSPS) is 10.8. The van der Waals surface area contributed by atoms with Gasteiger partial charge in [-0.2, -0.15) is 0 Å². The second-order valence-corrected chi connectivity index (χ2v) is 9.34. The highest BCUT2D eigenvalue weighted by Crippen LogP contribution is 2.27. The van der Waals surface area contributed by atoms with Crippen LogP contribution in [0.25, 0.3) is 0 Å². The second kappa shape index (κ2) is 10.2. The number of carbonyl (C=O) groups excluding carboxylic acids is 2. The minimum absolute atomic E-state index is 0.00975. The number of sulfonamides is 1. The van der Waals surface area contributed by atoms with Gasteiger partial charge in [-0.15, -0.1) is 11.3 Å². The number of thiophene rings is 1. The molecule has 0 saturated heterocycles. The van der Waals surface area contributed by atoms with E-state index in [0.717, 1.165) is 11.3 Å². The summed E-state index contributed by atoms with van der Waals surface area (Å²) in [6.45, 7) is 0. The van der Waals surface area contributed by atoms with E-state index in [1.54, 1.807) is 47.8 Å². The van der Waals surface area contributed by atoms with Crippen molar-refractivity contribution in [3.05, 3.63) is 71.1 Å². The maximum absolute atomic E-state index is 12.3. The molecule has 0 aliphatic rings. The maximum Gasteiger partial charge on any atom is 0.271 e. The van der Waals surface area contributed by atoms with Gasteiger partial charge in [-0.3, -0.25) is 25.2 Å². The third-order valence-corrected chi connectivity index (χ3v) is 7.07. The molecule has 3 N–H and O–H groups in total. The molecule has 0 fully saturated rings. The van der Waals surface area contributed by atoms with Gasteiger partial charge in [-0.05, 0) is 47.3 Å². The highest BCUT2D eigenvalue weighted by molar-refractivity contribution is 7.94. The number of amides is 2. The molecule has 2 amide bonds. The molecule has 3 rings (SSSR count). The molecule has 1 aromatic heterocycles. The quantitative estimate of drug-likeness (QED) is 0.431. The average Bonchev–Trinajstić information content (AvgIpc) is 3.34. The lowest BCUT2D eigenvalue weighted by molar-refractivity contribution is -0.121. The number of methoxy groups -OCH3 is 2. The Morgan fingerprint density at radius 1 is 0.938 bits per heavy atom. The Bertz CT molecular complexity index is 1190. The number of nitrogens with one attached hydrogen (secondary N) is 3. The van der Waals surface area contributed by atoms with Gasteiger partial charge < -0.3 is 9.47 Å². The first-order valence-corrected chi connectivity index (χ1v) is 11.6. The third-order valence-electron chi connectivity index (χ3n) is 4.29. The Morgan fingerprint density at radius 2 is 1.66 bits per heavy atom. The second-order valence-electron chi connectivity index (χ2n) is 6.48. The van der Waals surface area contributed by atoms with Crippen LogP contribution >= 0.6 is 11.3 Å². The fourth-order valence-electron chi connectivity index (χ4n) is 2.72. The molecule has 9 nitrogen and oxygen atoms in total. The lowest BCUT2D eigenvalue weighted by Crippen LogP contribution is -2.42. The molecule has 11 heteroatoms. The number of carbonyl (C=O) groups is 2. The summed E-state index contributed by atoms with van der Waals surface area (Å²) in [5.74, 6) is -0.0844. The Kier molecular flexibility index (Phi) is 7.33. The van der Waals surface area contributed by atoms with E-state index in [2.05, 4.69) is 15.6 Å². The highest BCUT2D eigenvalue weighted by atomic mass is 32.2. The van der Waals surface area contributed by atoms with Crippen molar-refractivity contribution in [2.75, 3.05) is 18.9 Å². The number of anilines is 1. The zero-order valence-corrected chi connectivity index (χ0v) is 18.9. The molecule has 0 saturated carbocycles. The van der Waals surface area contributed by atoms with Gasteiger partial charge in [0.2, 0.25) is 5.91 Å². The average molecular weight is 476 g/mol. The molecule has 0 atom stereocenters. The molecule has 1 heterocycles. The Labute approximate surface area is 189 Å². The Morgan fingerprint density at radius 3 is 2.28 bits per heavy atom. The van der Waals surface area contributed by atoms with E-state index >= 15 is 0 Å². The van der Waals surface area contributed by atoms with Gasteiger partial charge in [0.1, 0.15) is 4.21 Å². The first-order chi connectivity index (χ1) is 15.3. The molecule has 0 bridgehead atoms. The Hall–Kier alpha value is -3.57. The predicted octanol–water partition coefficient (Wildman–Crippen LogP) is 2.57. The van der Waals surface area contributed by atoms with Crippen molar-refractivity contribution in [2.45, 2.75) is 10.6 Å². The van der Waals surface area contributed by atoms with E-state index in [1.807, 2.05) is 0 Å². The number of hydrogen-bond donors (Lipinski definition) is 3. The van der Waals surface area contributed by atoms with Crippen LogP contribution < -0.4 is 25.0 Å². The fraction of sp³-hybridized carbons (Fsp3) is 0.143. The van der Waals surface area contributed by atoms with Gasteiger partial charge in [-0.25, -0.2) is 8.42 Å². The summed E-state index contributed by atoms with van der Waals surface area (Å²) in [5.41, 5.74) is 5.99. The topological polar surface area (TPSA) is 123 Å². The maximum atomic E-state index is 12.3. The molecule has 0 aliphatic heterocycles. The van der Waals surface area contributed by atoms with Crippen molar-refractivity contribution in [2.24, 2.45) is 0 Å². The van der Waals surface area contributed by atoms with Gasteiger partial charge in [-0.1, -0.05) is 18.2 Å². The van der Waals surface area contributed by atoms with Gasteiger partial charge in [0.25, 0.3) is 15.9 Å². The van der Waals surface area contributed by atoms with Crippen molar-refractivity contribution in [3.63, 3.8) is 0 Å². The summed E-state index contributed by atoms with van der Waals surface area (Å²) in [4.78, 5) is 24.4. The van der Waals surface area contributed by atoms with Crippen molar-refractivity contribution in [3.8, 4) is 11.5 Å². The van der Waals surface area contributed by atoms with Crippen molar-refractivity contribution >= 4 is 38.9 Å². The molecule has 0 spiro atoms. The summed E-state index contributed by atoms with van der Waals surface area (Å²) in [5, 5.41) is 1.68. The summed E-state index contributed by atoms with van der Waals surface area (Å²) < 4.78 is 37.5. The van der Waals surface area contributed by atoms with Gasteiger partial charge >= 0.3 is 0 Å². The molecule has 0 aliphatic carbocycles. The van der Waals surface area contributed by atoms with E-state index in [-0.39, 0.29) is 16.2 Å². The predicted molar refractivity (Wildman–Crippen MR) is 120 cm³/mol. The van der Waals surface area contributed by atoms with E-state index in [1.165, 1.54) is 26.4 Å². The van der Waals surface area contributed by atoms with Crippen LogP contribution in [0.15, 0.2) is 64.2 Å². The molecule has 3 aromatic rings. The van der Waals surface area contributed by atoms with Gasteiger partial charge in [0.15, 0.2) is 11.5 Å². The van der Waals surface area contributed by atoms with Crippen LogP contribution in [0.4, 0.5) is 5.69 Å². The van der Waals surface area contributed by atoms with Crippen molar-refractivity contribution < 1.29 is 27.5 Å². The largest absolute Gasteiger partial charge is 0.493 e. The minimum Gasteiger partial charge on any atom is -0.493 e. The van der Waals surface area contributed by atoms with E-state index in [0.29, 0.717) is 22.7 Å². The third kappa shape index (κ3) is 5.77. The van der Waals surface area contributed by atoms with Crippen molar-refractivity contribution in [1.29, 1.82) is 0 Å². The van der Waals surface area contributed by atoms with Crippen LogP contribution in [0.1, 0.15) is 15.9 Å². The van der Waals surface area contributed by atoms with Gasteiger partial charge in [0, 0.05) is 11.3 Å². The number of hydrazine groups is 1. The van der Waals surface area contributed by atoms with Crippen LogP contribution in [-0.4, -0.2) is 34.5 Å². The van der Waals surface area contributed by atoms with Crippen LogP contribution in [0.3, 0.4) is 0 Å². The zero-order valence-electron chi connectivity index (χ0n) is 17.2.